The third-order valence-electron chi connectivity index (χ3n) is 4.18. The molecule has 1 fully saturated rings. The van der Waals surface area contributed by atoms with Gasteiger partial charge in [-0.15, -0.1) is 6.58 Å². The summed E-state index contributed by atoms with van der Waals surface area (Å²) in [6.07, 6.45) is 6.55. The lowest BCUT2D eigenvalue weighted by Crippen LogP contribution is -2.48. The van der Waals surface area contributed by atoms with Gasteiger partial charge in [-0.05, 0) is 26.2 Å². The molecule has 0 amide bonds. The summed E-state index contributed by atoms with van der Waals surface area (Å²) in [6, 6.07) is 0.492. The Labute approximate surface area is 154 Å². The molecule has 146 valence electrons. The summed E-state index contributed by atoms with van der Waals surface area (Å²) in [5.74, 6) is 0.896. The third-order valence-corrected chi connectivity index (χ3v) is 4.18. The van der Waals surface area contributed by atoms with Gasteiger partial charge >= 0.3 is 0 Å². The fourth-order valence-electron chi connectivity index (χ4n) is 2.75. The number of aliphatic imine (C=N–C) groups is 1. The molecule has 0 aromatic heterocycles. The number of hydrogen-bond donors (Lipinski definition) is 2. The molecule has 0 aromatic carbocycles. The lowest BCUT2D eigenvalue weighted by molar-refractivity contribution is 0.0497. The molecule has 0 radical (unpaired) electrons. The van der Waals surface area contributed by atoms with Crippen LogP contribution in [0.5, 0.6) is 0 Å². The fourth-order valence-corrected chi connectivity index (χ4v) is 2.75. The van der Waals surface area contributed by atoms with E-state index in [4.69, 9.17) is 9.47 Å². The fraction of sp³-hybridized carbons (Fsp3) is 0.842. The van der Waals surface area contributed by atoms with Crippen LogP contribution in [-0.4, -0.2) is 76.1 Å². The summed E-state index contributed by atoms with van der Waals surface area (Å²) >= 11 is 0. The highest BCUT2D eigenvalue weighted by atomic mass is 16.5. The van der Waals surface area contributed by atoms with E-state index in [-0.39, 0.29) is 0 Å². The van der Waals surface area contributed by atoms with Crippen molar-refractivity contribution in [2.75, 3.05) is 59.2 Å². The second-order valence-electron chi connectivity index (χ2n) is 6.35. The maximum absolute atomic E-state index is 5.57. The third kappa shape index (κ3) is 11.2. The zero-order valence-electron chi connectivity index (χ0n) is 16.3. The van der Waals surface area contributed by atoms with Gasteiger partial charge < -0.3 is 20.1 Å². The quantitative estimate of drug-likeness (QED) is 0.229. The molecule has 1 aliphatic heterocycles. The molecule has 1 heterocycles. The van der Waals surface area contributed by atoms with Crippen LogP contribution in [0.25, 0.3) is 0 Å². The van der Waals surface area contributed by atoms with Crippen molar-refractivity contribution in [3.05, 3.63) is 12.7 Å². The molecule has 25 heavy (non-hydrogen) atoms. The maximum Gasteiger partial charge on any atom is 0.191 e. The first-order valence-electron chi connectivity index (χ1n) is 9.83. The van der Waals surface area contributed by atoms with Gasteiger partial charge in [0, 0.05) is 38.8 Å². The van der Waals surface area contributed by atoms with E-state index in [0.29, 0.717) is 32.4 Å². The molecule has 1 rings (SSSR count). The van der Waals surface area contributed by atoms with Crippen LogP contribution in [0.2, 0.25) is 0 Å². The molecule has 0 aliphatic carbocycles. The van der Waals surface area contributed by atoms with E-state index in [1.54, 1.807) is 0 Å². The SMILES string of the molecule is C=CCN1CCC(NC(=NCCOCCOCCCC)NCC)CC1. The molecule has 0 bridgehead atoms. The normalized spacial score (nSPS) is 16.8. The summed E-state index contributed by atoms with van der Waals surface area (Å²) in [5.41, 5.74) is 0. The first-order chi connectivity index (χ1) is 12.3. The number of guanidine groups is 1. The van der Waals surface area contributed by atoms with E-state index in [9.17, 15) is 0 Å². The summed E-state index contributed by atoms with van der Waals surface area (Å²) < 4.78 is 11.0. The van der Waals surface area contributed by atoms with E-state index in [1.807, 2.05) is 6.08 Å². The second-order valence-corrected chi connectivity index (χ2v) is 6.35. The second kappa shape index (κ2) is 15.2. The minimum atomic E-state index is 0.492. The van der Waals surface area contributed by atoms with Gasteiger partial charge in [0.05, 0.1) is 26.4 Å². The van der Waals surface area contributed by atoms with Gasteiger partial charge in [-0.25, -0.2) is 0 Å². The van der Waals surface area contributed by atoms with Gasteiger partial charge in [0.25, 0.3) is 0 Å². The van der Waals surface area contributed by atoms with Crippen LogP contribution in [0.4, 0.5) is 0 Å². The highest BCUT2D eigenvalue weighted by molar-refractivity contribution is 5.80. The van der Waals surface area contributed by atoms with Crippen molar-refractivity contribution in [3.8, 4) is 0 Å². The van der Waals surface area contributed by atoms with Crippen LogP contribution in [0.3, 0.4) is 0 Å². The van der Waals surface area contributed by atoms with Crippen LogP contribution in [0, 0.1) is 0 Å². The van der Waals surface area contributed by atoms with Gasteiger partial charge in [-0.3, -0.25) is 9.89 Å². The molecule has 0 saturated carbocycles. The Balaban J connectivity index is 2.15. The Bertz CT molecular complexity index is 355. The predicted octanol–water partition coefficient (Wildman–Crippen LogP) is 2.03. The van der Waals surface area contributed by atoms with E-state index in [1.165, 1.54) is 6.42 Å². The zero-order valence-corrected chi connectivity index (χ0v) is 16.3. The van der Waals surface area contributed by atoms with Crippen molar-refractivity contribution < 1.29 is 9.47 Å². The molecule has 0 aromatic rings. The topological polar surface area (TPSA) is 58.1 Å². The lowest BCUT2D eigenvalue weighted by Gasteiger charge is -2.32. The number of piperidine rings is 1. The standard InChI is InChI=1S/C19H38N4O2/c1-4-7-14-24-16-17-25-15-10-21-19(20-6-3)22-18-8-12-23(11-5-2)13-9-18/h5,18H,2,4,6-17H2,1,3H3,(H2,20,21,22). The van der Waals surface area contributed by atoms with Gasteiger partial charge in [-0.1, -0.05) is 19.4 Å². The summed E-state index contributed by atoms with van der Waals surface area (Å²) in [4.78, 5) is 7.05. The molecule has 2 N–H and O–H groups in total. The summed E-state index contributed by atoms with van der Waals surface area (Å²) in [5, 5.41) is 6.87. The molecular formula is C19H38N4O2. The number of ether oxygens (including phenoxy) is 2. The number of rotatable bonds is 13. The first kappa shape index (κ1) is 21.9. The van der Waals surface area contributed by atoms with Crippen LogP contribution in [0.15, 0.2) is 17.6 Å². The molecule has 0 unspecified atom stereocenters. The highest BCUT2D eigenvalue weighted by Gasteiger charge is 2.18. The molecule has 0 spiro atoms. The molecule has 1 saturated heterocycles. The number of hydrogen-bond acceptors (Lipinski definition) is 4. The van der Waals surface area contributed by atoms with Crippen molar-refractivity contribution in [2.24, 2.45) is 4.99 Å². The van der Waals surface area contributed by atoms with Crippen LogP contribution >= 0.6 is 0 Å². The average molecular weight is 355 g/mol. The highest BCUT2D eigenvalue weighted by Crippen LogP contribution is 2.09. The van der Waals surface area contributed by atoms with Crippen LogP contribution < -0.4 is 10.6 Å². The smallest absolute Gasteiger partial charge is 0.191 e. The van der Waals surface area contributed by atoms with Crippen molar-refractivity contribution in [2.45, 2.75) is 45.6 Å². The van der Waals surface area contributed by atoms with Gasteiger partial charge in [-0.2, -0.15) is 0 Å². The van der Waals surface area contributed by atoms with Crippen LogP contribution in [-0.2, 0) is 9.47 Å². The number of nitrogens with zero attached hydrogens (tertiary/aromatic N) is 2. The van der Waals surface area contributed by atoms with Crippen molar-refractivity contribution in [3.63, 3.8) is 0 Å². The van der Waals surface area contributed by atoms with Gasteiger partial charge in [0.15, 0.2) is 5.96 Å². The Morgan fingerprint density at radius 2 is 1.88 bits per heavy atom. The number of unbranched alkanes of at least 4 members (excludes halogenated alkanes) is 1. The summed E-state index contributed by atoms with van der Waals surface area (Å²) in [7, 11) is 0. The van der Waals surface area contributed by atoms with Crippen LogP contribution in [0.1, 0.15) is 39.5 Å². The Morgan fingerprint density at radius 1 is 1.16 bits per heavy atom. The van der Waals surface area contributed by atoms with E-state index >= 15 is 0 Å². The van der Waals surface area contributed by atoms with Crippen molar-refractivity contribution >= 4 is 5.96 Å². The molecule has 6 nitrogen and oxygen atoms in total. The molecule has 0 atom stereocenters. The van der Waals surface area contributed by atoms with Crippen molar-refractivity contribution in [1.29, 1.82) is 0 Å². The molecular weight excluding hydrogens is 316 g/mol. The van der Waals surface area contributed by atoms with E-state index in [0.717, 1.165) is 58.0 Å². The van der Waals surface area contributed by atoms with Gasteiger partial charge in [0.2, 0.25) is 0 Å². The Hall–Kier alpha value is -1.11. The number of likely N-dealkylation sites (tertiary alicyclic amines) is 1. The summed E-state index contributed by atoms with van der Waals surface area (Å²) in [6.45, 7) is 15.6. The number of nitrogens with one attached hydrogen (secondary N) is 2. The largest absolute Gasteiger partial charge is 0.379 e. The van der Waals surface area contributed by atoms with E-state index < -0.39 is 0 Å². The maximum atomic E-state index is 5.57. The average Bonchev–Trinajstić information content (AvgIpc) is 2.62. The van der Waals surface area contributed by atoms with Crippen molar-refractivity contribution in [1.82, 2.24) is 15.5 Å². The van der Waals surface area contributed by atoms with Gasteiger partial charge in [0.1, 0.15) is 0 Å². The minimum Gasteiger partial charge on any atom is -0.379 e. The Morgan fingerprint density at radius 3 is 2.52 bits per heavy atom. The Kier molecular flexibility index (Phi) is 13.3. The minimum absolute atomic E-state index is 0.492. The van der Waals surface area contributed by atoms with E-state index in [2.05, 4.69) is 41.0 Å². The molecule has 6 heteroatoms. The molecule has 1 aliphatic rings. The monoisotopic (exact) mass is 354 g/mol. The predicted molar refractivity (Wildman–Crippen MR) is 105 cm³/mol. The zero-order chi connectivity index (χ0) is 18.2. The first-order valence-corrected chi connectivity index (χ1v) is 9.83. The lowest BCUT2D eigenvalue weighted by atomic mass is 10.1.